The zero-order valence-electron chi connectivity index (χ0n) is 18.1. The first kappa shape index (κ1) is 25.4. The second-order valence-electron chi connectivity index (χ2n) is 7.34. The molecule has 0 heterocycles. The average Bonchev–Trinajstić information content (AvgIpc) is 2.76. The first-order valence-corrected chi connectivity index (χ1v) is 12.5. The maximum atomic E-state index is 13.3. The Morgan fingerprint density at radius 1 is 1.06 bits per heavy atom. The quantitative estimate of drug-likeness (QED) is 0.382. The van der Waals surface area contributed by atoms with E-state index in [9.17, 15) is 14.0 Å². The van der Waals surface area contributed by atoms with Gasteiger partial charge in [-0.2, -0.15) is 0 Å². The van der Waals surface area contributed by atoms with Crippen molar-refractivity contribution in [2.24, 2.45) is 0 Å². The molecule has 168 valence electrons. The highest BCUT2D eigenvalue weighted by Crippen LogP contribution is 2.19. The largest absolute Gasteiger partial charge is 0.354 e. The molecule has 2 aromatic rings. The highest BCUT2D eigenvalue weighted by Gasteiger charge is 2.28. The van der Waals surface area contributed by atoms with Crippen LogP contribution in [0.4, 0.5) is 4.39 Å². The van der Waals surface area contributed by atoms with Crippen molar-refractivity contribution in [3.8, 4) is 0 Å². The van der Waals surface area contributed by atoms with Crippen LogP contribution in [0.3, 0.4) is 0 Å². The van der Waals surface area contributed by atoms with Gasteiger partial charge in [0.05, 0.1) is 5.75 Å². The third-order valence-corrected chi connectivity index (χ3v) is 6.41. The number of carbonyl (C=O) groups excluding carboxylic acids is 2. The standard InChI is InChI=1S/C24H30BrFN2O2S/c1-3-5-14-27-24(30)22(4-2)28(15-18-8-12-21(26)13-9-18)23(29)17-31-16-19-6-10-20(25)11-7-19/h6-13,22H,3-5,14-17H2,1-2H3,(H,27,30)/t22-/m0/s1. The third-order valence-electron chi connectivity index (χ3n) is 4.89. The summed E-state index contributed by atoms with van der Waals surface area (Å²) >= 11 is 4.95. The molecule has 0 saturated heterocycles. The van der Waals surface area contributed by atoms with E-state index in [0.717, 1.165) is 28.4 Å². The first-order valence-electron chi connectivity index (χ1n) is 10.6. The normalized spacial score (nSPS) is 11.7. The number of hydrogen-bond donors (Lipinski definition) is 1. The highest BCUT2D eigenvalue weighted by atomic mass is 79.9. The van der Waals surface area contributed by atoms with Gasteiger partial charge in [0.15, 0.2) is 0 Å². The van der Waals surface area contributed by atoms with E-state index < -0.39 is 6.04 Å². The molecule has 2 rings (SSSR count). The molecule has 0 aliphatic rings. The van der Waals surface area contributed by atoms with Crippen LogP contribution in [0.2, 0.25) is 0 Å². The van der Waals surface area contributed by atoms with Crippen LogP contribution in [-0.2, 0) is 21.9 Å². The lowest BCUT2D eigenvalue weighted by Crippen LogP contribution is -2.49. The molecule has 0 aliphatic carbocycles. The Morgan fingerprint density at radius 3 is 2.32 bits per heavy atom. The van der Waals surface area contributed by atoms with Gasteiger partial charge >= 0.3 is 0 Å². The molecule has 0 radical (unpaired) electrons. The Labute approximate surface area is 197 Å². The Bertz CT molecular complexity index is 830. The van der Waals surface area contributed by atoms with Crippen LogP contribution in [0.25, 0.3) is 0 Å². The van der Waals surface area contributed by atoms with Crippen molar-refractivity contribution in [1.29, 1.82) is 0 Å². The molecular formula is C24H30BrFN2O2S. The van der Waals surface area contributed by atoms with Crippen molar-refractivity contribution in [1.82, 2.24) is 10.2 Å². The van der Waals surface area contributed by atoms with Crippen LogP contribution in [0, 0.1) is 5.82 Å². The summed E-state index contributed by atoms with van der Waals surface area (Å²) in [5.74, 6) is 0.433. The molecule has 7 heteroatoms. The number of rotatable bonds is 12. The third kappa shape index (κ3) is 8.65. The number of unbranched alkanes of at least 4 members (excludes halogenated alkanes) is 1. The zero-order valence-corrected chi connectivity index (χ0v) is 20.5. The molecule has 0 fully saturated rings. The number of amides is 2. The van der Waals surface area contributed by atoms with Crippen LogP contribution >= 0.6 is 27.7 Å². The molecular weight excluding hydrogens is 479 g/mol. The Morgan fingerprint density at radius 2 is 1.71 bits per heavy atom. The van der Waals surface area contributed by atoms with Crippen molar-refractivity contribution < 1.29 is 14.0 Å². The van der Waals surface area contributed by atoms with Crippen molar-refractivity contribution >= 4 is 39.5 Å². The van der Waals surface area contributed by atoms with Gasteiger partial charge in [0, 0.05) is 23.3 Å². The molecule has 0 bridgehead atoms. The summed E-state index contributed by atoms with van der Waals surface area (Å²) in [5.41, 5.74) is 1.93. The topological polar surface area (TPSA) is 49.4 Å². The summed E-state index contributed by atoms with van der Waals surface area (Å²) in [6.45, 7) is 4.85. The van der Waals surface area contributed by atoms with Gasteiger partial charge in [0.1, 0.15) is 11.9 Å². The fourth-order valence-corrected chi connectivity index (χ4v) is 4.27. The van der Waals surface area contributed by atoms with E-state index in [1.165, 1.54) is 23.9 Å². The first-order chi connectivity index (χ1) is 14.9. The molecule has 4 nitrogen and oxygen atoms in total. The Balaban J connectivity index is 2.08. The summed E-state index contributed by atoms with van der Waals surface area (Å²) in [5, 5.41) is 2.95. The summed E-state index contributed by atoms with van der Waals surface area (Å²) in [4.78, 5) is 27.6. The van der Waals surface area contributed by atoms with Gasteiger partial charge < -0.3 is 10.2 Å². The van der Waals surface area contributed by atoms with E-state index in [0.29, 0.717) is 18.7 Å². The summed E-state index contributed by atoms with van der Waals surface area (Å²) in [6.07, 6.45) is 2.40. The highest BCUT2D eigenvalue weighted by molar-refractivity contribution is 9.10. The molecule has 0 aromatic heterocycles. The summed E-state index contributed by atoms with van der Waals surface area (Å²) < 4.78 is 14.3. The summed E-state index contributed by atoms with van der Waals surface area (Å²) in [7, 11) is 0. The van der Waals surface area contributed by atoms with Gasteiger partial charge in [0.2, 0.25) is 11.8 Å². The molecule has 2 aromatic carbocycles. The molecule has 0 unspecified atom stereocenters. The number of halogens is 2. The van der Waals surface area contributed by atoms with E-state index in [-0.39, 0.29) is 29.9 Å². The van der Waals surface area contributed by atoms with Gasteiger partial charge in [-0.05, 0) is 48.2 Å². The van der Waals surface area contributed by atoms with Crippen LogP contribution in [-0.4, -0.2) is 35.1 Å². The predicted octanol–water partition coefficient (Wildman–Crippen LogP) is 5.55. The lowest BCUT2D eigenvalue weighted by Gasteiger charge is -2.30. The number of nitrogens with zero attached hydrogens (tertiary/aromatic N) is 1. The molecule has 2 amide bonds. The number of thioether (sulfide) groups is 1. The SMILES string of the molecule is CCCCNC(=O)[C@H](CC)N(Cc1ccc(F)cc1)C(=O)CSCc1ccc(Br)cc1. The van der Waals surface area contributed by atoms with E-state index in [4.69, 9.17) is 0 Å². The molecule has 0 spiro atoms. The van der Waals surface area contributed by atoms with E-state index >= 15 is 0 Å². The summed E-state index contributed by atoms with van der Waals surface area (Å²) in [6, 6.07) is 13.5. The van der Waals surface area contributed by atoms with Gasteiger partial charge in [0.25, 0.3) is 0 Å². The van der Waals surface area contributed by atoms with Crippen molar-refractivity contribution in [3.05, 3.63) is 69.9 Å². The van der Waals surface area contributed by atoms with Gasteiger partial charge in [-0.15, -0.1) is 11.8 Å². The van der Waals surface area contributed by atoms with E-state index in [1.54, 1.807) is 17.0 Å². The minimum Gasteiger partial charge on any atom is -0.354 e. The monoisotopic (exact) mass is 508 g/mol. The maximum absolute atomic E-state index is 13.3. The van der Waals surface area contributed by atoms with Gasteiger partial charge in [-0.25, -0.2) is 4.39 Å². The second-order valence-corrected chi connectivity index (χ2v) is 9.24. The van der Waals surface area contributed by atoms with E-state index in [2.05, 4.69) is 28.2 Å². The van der Waals surface area contributed by atoms with Crippen molar-refractivity contribution in [2.45, 2.75) is 51.4 Å². The van der Waals surface area contributed by atoms with Crippen LogP contribution in [0.15, 0.2) is 53.0 Å². The molecule has 1 N–H and O–H groups in total. The minimum absolute atomic E-state index is 0.0936. The minimum atomic E-state index is -0.553. The maximum Gasteiger partial charge on any atom is 0.242 e. The van der Waals surface area contributed by atoms with Crippen LogP contribution in [0.1, 0.15) is 44.2 Å². The van der Waals surface area contributed by atoms with E-state index in [1.807, 2.05) is 31.2 Å². The lowest BCUT2D eigenvalue weighted by molar-refractivity contribution is -0.139. The zero-order chi connectivity index (χ0) is 22.6. The van der Waals surface area contributed by atoms with Crippen LogP contribution < -0.4 is 5.32 Å². The molecule has 31 heavy (non-hydrogen) atoms. The van der Waals surface area contributed by atoms with Gasteiger partial charge in [-0.1, -0.05) is 60.5 Å². The number of hydrogen-bond acceptors (Lipinski definition) is 3. The average molecular weight is 509 g/mol. The molecule has 0 saturated carbocycles. The molecule has 1 atom stereocenters. The second kappa shape index (κ2) is 13.5. The Kier molecular flexibility index (Phi) is 11.1. The van der Waals surface area contributed by atoms with Crippen molar-refractivity contribution in [2.75, 3.05) is 12.3 Å². The van der Waals surface area contributed by atoms with Gasteiger partial charge in [-0.3, -0.25) is 9.59 Å². The smallest absolute Gasteiger partial charge is 0.242 e. The van der Waals surface area contributed by atoms with Crippen molar-refractivity contribution in [3.63, 3.8) is 0 Å². The number of benzene rings is 2. The molecule has 0 aliphatic heterocycles. The number of carbonyl (C=O) groups is 2. The fraction of sp³-hybridized carbons (Fsp3) is 0.417. The lowest BCUT2D eigenvalue weighted by atomic mass is 10.1. The Hall–Kier alpha value is -1.86. The van der Waals surface area contributed by atoms with Crippen LogP contribution in [0.5, 0.6) is 0 Å². The number of nitrogens with one attached hydrogen (secondary N) is 1. The fourth-order valence-electron chi connectivity index (χ4n) is 3.13. The predicted molar refractivity (Wildman–Crippen MR) is 129 cm³/mol.